The lowest BCUT2D eigenvalue weighted by Crippen LogP contribution is -2.11. The zero-order valence-electron chi connectivity index (χ0n) is 12.1. The molecule has 2 aromatic rings. The van der Waals surface area contributed by atoms with Crippen molar-refractivity contribution in [1.82, 2.24) is 0 Å². The van der Waals surface area contributed by atoms with Gasteiger partial charge in [-0.25, -0.2) is 0 Å². The van der Waals surface area contributed by atoms with Crippen molar-refractivity contribution in [2.75, 3.05) is 13.7 Å². The molecule has 0 heterocycles. The Hall–Kier alpha value is -0.980. The first-order chi connectivity index (χ1) is 10.8. The molecule has 0 aromatic heterocycles. The van der Waals surface area contributed by atoms with Gasteiger partial charge in [0.05, 0.1) is 16.7 Å². The summed E-state index contributed by atoms with van der Waals surface area (Å²) in [6, 6.07) is 9.21. The van der Waals surface area contributed by atoms with Crippen molar-refractivity contribution in [3.05, 3.63) is 57.0 Å². The number of hydrogen-bond donors (Lipinski definition) is 0. The molecule has 0 radical (unpaired) electrons. The van der Waals surface area contributed by atoms with E-state index in [0.29, 0.717) is 6.61 Å². The van der Waals surface area contributed by atoms with Crippen molar-refractivity contribution in [3.8, 4) is 5.75 Å². The normalized spacial score (nSPS) is 11.5. The van der Waals surface area contributed by atoms with Gasteiger partial charge in [-0.1, -0.05) is 46.9 Å². The Morgan fingerprint density at radius 1 is 1.00 bits per heavy atom. The second-order valence-electron chi connectivity index (χ2n) is 4.62. The van der Waals surface area contributed by atoms with Gasteiger partial charge in [0.15, 0.2) is 0 Å². The number of rotatable bonds is 6. The quantitative estimate of drug-likeness (QED) is 0.671. The van der Waals surface area contributed by atoms with Crippen LogP contribution in [0.1, 0.15) is 5.56 Å². The van der Waals surface area contributed by atoms with Gasteiger partial charge in [-0.3, -0.25) is 0 Å². The molecule has 0 unspecified atom stereocenters. The standard InChI is InChI=1S/C15H13Cl3O4S/c1-21-7-6-10-2-4-12(5-3-10)22-23(19,20)15-13(17)8-11(16)9-14(15)18/h2-5,8-9H,6-7H2,1H3. The molecular weight excluding hydrogens is 383 g/mol. The fraction of sp³-hybridized carbons (Fsp3) is 0.200. The van der Waals surface area contributed by atoms with Crippen molar-refractivity contribution in [1.29, 1.82) is 0 Å². The van der Waals surface area contributed by atoms with Crippen LogP contribution in [0.5, 0.6) is 5.75 Å². The van der Waals surface area contributed by atoms with Crippen molar-refractivity contribution in [2.45, 2.75) is 11.3 Å². The second-order valence-corrected chi connectivity index (χ2v) is 7.36. The van der Waals surface area contributed by atoms with Gasteiger partial charge in [0, 0.05) is 12.1 Å². The third kappa shape index (κ3) is 4.75. The summed E-state index contributed by atoms with van der Waals surface area (Å²) in [6.07, 6.45) is 0.721. The van der Waals surface area contributed by atoms with Crippen molar-refractivity contribution in [2.24, 2.45) is 0 Å². The summed E-state index contributed by atoms with van der Waals surface area (Å²) >= 11 is 17.6. The molecule has 0 amide bonds. The minimum atomic E-state index is -4.17. The van der Waals surface area contributed by atoms with Gasteiger partial charge in [0.1, 0.15) is 10.6 Å². The third-order valence-electron chi connectivity index (χ3n) is 2.94. The van der Waals surface area contributed by atoms with Crippen LogP contribution < -0.4 is 4.18 Å². The van der Waals surface area contributed by atoms with Crippen molar-refractivity contribution in [3.63, 3.8) is 0 Å². The average molecular weight is 396 g/mol. The molecule has 0 aliphatic carbocycles. The van der Waals surface area contributed by atoms with Gasteiger partial charge in [0.25, 0.3) is 0 Å². The molecule has 4 nitrogen and oxygen atoms in total. The van der Waals surface area contributed by atoms with Crippen LogP contribution in [-0.2, 0) is 21.3 Å². The zero-order valence-corrected chi connectivity index (χ0v) is 15.1. The van der Waals surface area contributed by atoms with Crippen LogP contribution >= 0.6 is 34.8 Å². The van der Waals surface area contributed by atoms with E-state index in [9.17, 15) is 8.42 Å². The number of hydrogen-bond acceptors (Lipinski definition) is 4. The van der Waals surface area contributed by atoms with E-state index in [2.05, 4.69) is 0 Å². The maximum Gasteiger partial charge on any atom is 0.342 e. The lowest BCUT2D eigenvalue weighted by Gasteiger charge is -2.11. The highest BCUT2D eigenvalue weighted by Crippen LogP contribution is 2.34. The minimum Gasteiger partial charge on any atom is -0.384 e. The van der Waals surface area contributed by atoms with E-state index < -0.39 is 10.1 Å². The summed E-state index contributed by atoms with van der Waals surface area (Å²) in [5.74, 6) is 0.160. The molecular formula is C15H13Cl3O4S. The van der Waals surface area contributed by atoms with Crippen LogP contribution in [-0.4, -0.2) is 22.1 Å². The predicted octanol–water partition coefficient (Wildman–Crippen LogP) is 4.60. The third-order valence-corrected chi connectivity index (χ3v) is 5.33. The average Bonchev–Trinajstić information content (AvgIpc) is 2.44. The Morgan fingerprint density at radius 3 is 2.09 bits per heavy atom. The molecule has 23 heavy (non-hydrogen) atoms. The maximum absolute atomic E-state index is 12.4. The lowest BCUT2D eigenvalue weighted by molar-refractivity contribution is 0.202. The molecule has 0 spiro atoms. The van der Waals surface area contributed by atoms with Gasteiger partial charge in [-0.05, 0) is 36.2 Å². The van der Waals surface area contributed by atoms with Crippen molar-refractivity contribution < 1.29 is 17.3 Å². The fourth-order valence-corrected chi connectivity index (χ4v) is 4.29. The molecule has 0 fully saturated rings. The Labute approximate surface area is 150 Å². The largest absolute Gasteiger partial charge is 0.384 e. The Kier molecular flexibility index (Phi) is 6.17. The topological polar surface area (TPSA) is 52.6 Å². The summed E-state index contributed by atoms with van der Waals surface area (Å²) < 4.78 is 34.8. The Balaban J connectivity index is 2.25. The molecule has 0 atom stereocenters. The molecule has 0 aliphatic heterocycles. The second kappa shape index (κ2) is 7.73. The predicted molar refractivity (Wildman–Crippen MR) is 91.3 cm³/mol. The van der Waals surface area contributed by atoms with Crippen LogP contribution in [0.2, 0.25) is 15.1 Å². The van der Waals surface area contributed by atoms with Gasteiger partial charge in [-0.15, -0.1) is 0 Å². The van der Waals surface area contributed by atoms with E-state index >= 15 is 0 Å². The minimum absolute atomic E-state index is 0.0979. The summed E-state index contributed by atoms with van der Waals surface area (Å²) in [5, 5.41) is 0.0416. The van der Waals surface area contributed by atoms with Gasteiger partial charge < -0.3 is 8.92 Å². The van der Waals surface area contributed by atoms with Crippen molar-refractivity contribution >= 4 is 44.9 Å². The molecule has 0 N–H and O–H groups in total. The molecule has 2 aromatic carbocycles. The highest BCUT2D eigenvalue weighted by atomic mass is 35.5. The van der Waals surface area contributed by atoms with E-state index in [1.165, 1.54) is 12.1 Å². The molecule has 8 heteroatoms. The number of benzene rings is 2. The van der Waals surface area contributed by atoms with Crippen LogP contribution in [0.4, 0.5) is 0 Å². The molecule has 0 bridgehead atoms. The monoisotopic (exact) mass is 394 g/mol. The zero-order chi connectivity index (χ0) is 17.0. The van der Waals surface area contributed by atoms with Gasteiger partial charge in [0.2, 0.25) is 0 Å². The van der Waals surface area contributed by atoms with E-state index in [0.717, 1.165) is 12.0 Å². The summed E-state index contributed by atoms with van der Waals surface area (Å²) in [6.45, 7) is 0.578. The first-order valence-corrected chi connectivity index (χ1v) is 9.04. The van der Waals surface area contributed by atoms with Gasteiger partial charge >= 0.3 is 10.1 Å². The van der Waals surface area contributed by atoms with E-state index in [-0.39, 0.29) is 25.7 Å². The number of halogens is 3. The van der Waals surface area contributed by atoms with E-state index in [1.54, 1.807) is 31.4 Å². The van der Waals surface area contributed by atoms with Crippen LogP contribution in [0.15, 0.2) is 41.3 Å². The van der Waals surface area contributed by atoms with Crippen LogP contribution in [0, 0.1) is 0 Å². The summed E-state index contributed by atoms with van der Waals surface area (Å²) in [5.41, 5.74) is 0.999. The molecule has 0 saturated carbocycles. The first kappa shape index (κ1) is 18.4. The van der Waals surface area contributed by atoms with Crippen LogP contribution in [0.3, 0.4) is 0 Å². The molecule has 0 saturated heterocycles. The Bertz CT molecular complexity index is 766. The highest BCUT2D eigenvalue weighted by Gasteiger charge is 2.24. The molecule has 2 rings (SSSR count). The van der Waals surface area contributed by atoms with E-state index in [4.69, 9.17) is 43.7 Å². The lowest BCUT2D eigenvalue weighted by atomic mass is 10.1. The first-order valence-electron chi connectivity index (χ1n) is 6.50. The van der Waals surface area contributed by atoms with Gasteiger partial charge in [-0.2, -0.15) is 8.42 Å². The molecule has 124 valence electrons. The smallest absolute Gasteiger partial charge is 0.342 e. The Morgan fingerprint density at radius 2 is 1.57 bits per heavy atom. The number of ether oxygens (including phenoxy) is 1. The number of methoxy groups -OCH3 is 1. The fourth-order valence-electron chi connectivity index (χ4n) is 1.87. The summed E-state index contributed by atoms with van der Waals surface area (Å²) in [4.78, 5) is -0.311. The SMILES string of the molecule is COCCc1ccc(OS(=O)(=O)c2c(Cl)cc(Cl)cc2Cl)cc1. The summed E-state index contributed by atoms with van der Waals surface area (Å²) in [7, 11) is -2.55. The maximum atomic E-state index is 12.4. The molecule has 0 aliphatic rings. The highest BCUT2D eigenvalue weighted by molar-refractivity contribution is 7.87. The van der Waals surface area contributed by atoms with Crippen LogP contribution in [0.25, 0.3) is 0 Å². The van der Waals surface area contributed by atoms with E-state index in [1.807, 2.05) is 0 Å².